The molecule has 246 valence electrons. The number of oxazole rings is 1. The number of halogens is 3. The molecule has 5 rings (SSSR count). The van der Waals surface area contributed by atoms with Crippen molar-refractivity contribution in [3.8, 4) is 34.8 Å². The van der Waals surface area contributed by atoms with E-state index in [9.17, 15) is 9.59 Å². The molecule has 1 unspecified atom stereocenters. The largest absolute Gasteiger partial charge is 0.479 e. The summed E-state index contributed by atoms with van der Waals surface area (Å²) in [5.41, 5.74) is 1.20. The van der Waals surface area contributed by atoms with Gasteiger partial charge in [-0.15, -0.1) is 0 Å². The Morgan fingerprint density at radius 2 is 1.26 bits per heavy atom. The summed E-state index contributed by atoms with van der Waals surface area (Å²) in [5.74, 6) is 1.82. The number of carbonyl (C=O) groups is 2. The first-order valence-corrected chi connectivity index (χ1v) is 15.3. The second-order valence-electron chi connectivity index (χ2n) is 9.61. The fraction of sp³-hybridized carbons (Fsp3) is 0.206. The molecule has 13 heteroatoms. The fourth-order valence-corrected chi connectivity index (χ4v) is 4.42. The lowest BCUT2D eigenvalue weighted by atomic mass is 10.3. The van der Waals surface area contributed by atoms with Gasteiger partial charge in [0.1, 0.15) is 34.3 Å². The molecule has 47 heavy (non-hydrogen) atoms. The summed E-state index contributed by atoms with van der Waals surface area (Å²) in [4.78, 5) is 27.1. The molecule has 0 saturated heterocycles. The number of nitrogens with zero attached hydrogens (tertiary/aromatic N) is 1. The molecule has 1 aromatic heterocycles. The van der Waals surface area contributed by atoms with Crippen LogP contribution in [-0.2, 0) is 19.1 Å². The first-order valence-electron chi connectivity index (χ1n) is 14.2. The molecule has 2 atom stereocenters. The summed E-state index contributed by atoms with van der Waals surface area (Å²) in [6, 6.07) is 23.7. The van der Waals surface area contributed by atoms with Crippen LogP contribution in [0.4, 0.5) is 0 Å². The van der Waals surface area contributed by atoms with Crippen molar-refractivity contribution in [1.29, 1.82) is 0 Å². The number of rotatable bonds is 11. The quantitative estimate of drug-likeness (QED) is 0.123. The number of fused-ring (bicyclic) bond motifs is 1. The number of hydrogen-bond acceptors (Lipinski definition) is 10. The average molecular weight is 703 g/mol. The van der Waals surface area contributed by atoms with E-state index in [1.54, 1.807) is 106 Å². The first-order chi connectivity index (χ1) is 22.5. The maximum absolute atomic E-state index is 11.6. The van der Waals surface area contributed by atoms with Crippen LogP contribution in [0.15, 0.2) is 89.3 Å². The highest BCUT2D eigenvalue weighted by atomic mass is 35.5. The molecule has 0 spiro atoms. The molecule has 0 bridgehead atoms. The highest BCUT2D eigenvalue weighted by molar-refractivity contribution is 6.35. The highest BCUT2D eigenvalue weighted by Crippen LogP contribution is 2.32. The van der Waals surface area contributed by atoms with Crippen molar-refractivity contribution < 1.29 is 42.4 Å². The molecular weight excluding hydrogens is 673 g/mol. The van der Waals surface area contributed by atoms with Gasteiger partial charge in [0, 0.05) is 16.1 Å². The van der Waals surface area contributed by atoms with Gasteiger partial charge in [0.05, 0.1) is 18.7 Å². The molecule has 0 radical (unpaired) electrons. The lowest BCUT2D eigenvalue weighted by Crippen LogP contribution is -2.25. The summed E-state index contributed by atoms with van der Waals surface area (Å²) < 4.78 is 37.2. The van der Waals surface area contributed by atoms with Crippen molar-refractivity contribution in [3.63, 3.8) is 0 Å². The van der Waals surface area contributed by atoms with Crippen molar-refractivity contribution in [2.45, 2.75) is 33.0 Å². The summed E-state index contributed by atoms with van der Waals surface area (Å²) in [6.07, 6.45) is -1.25. The predicted molar refractivity (Wildman–Crippen MR) is 177 cm³/mol. The van der Waals surface area contributed by atoms with E-state index < -0.39 is 24.1 Å². The van der Waals surface area contributed by atoms with Gasteiger partial charge < -0.3 is 32.8 Å². The van der Waals surface area contributed by atoms with Gasteiger partial charge in [-0.05, 0) is 99.6 Å². The number of esters is 2. The average Bonchev–Trinajstić information content (AvgIpc) is 3.45. The zero-order valence-electron chi connectivity index (χ0n) is 25.7. The molecule has 0 aliphatic rings. The van der Waals surface area contributed by atoms with Crippen molar-refractivity contribution in [2.24, 2.45) is 0 Å². The smallest absolute Gasteiger partial charge is 0.400 e. The minimum atomic E-state index is -0.687. The normalized spacial score (nSPS) is 11.8. The van der Waals surface area contributed by atoms with Crippen molar-refractivity contribution in [3.05, 3.63) is 100.0 Å². The molecule has 4 aromatic carbocycles. The monoisotopic (exact) mass is 701 g/mol. The molecule has 1 heterocycles. The van der Waals surface area contributed by atoms with E-state index in [0.717, 1.165) is 0 Å². The van der Waals surface area contributed by atoms with E-state index in [1.807, 2.05) is 0 Å². The summed E-state index contributed by atoms with van der Waals surface area (Å²) in [7, 11) is 1.31. The SMILES string of the molecule is CCOC(=O)[C@@H](C)Oc1ccc(Oc2nc3ccc(Cl)cc3o2)cc1.COC(=O)C(C)Oc1ccc(Oc2ccc(Cl)cc2Cl)cc1. The molecule has 0 aliphatic carbocycles. The van der Waals surface area contributed by atoms with Crippen molar-refractivity contribution in [1.82, 2.24) is 4.98 Å². The predicted octanol–water partition coefficient (Wildman–Crippen LogP) is 9.33. The third-order valence-corrected chi connectivity index (χ3v) is 6.85. The molecule has 5 aromatic rings. The Bertz CT molecular complexity index is 1790. The third-order valence-electron chi connectivity index (χ3n) is 6.08. The van der Waals surface area contributed by atoms with E-state index in [4.69, 9.17) is 62.9 Å². The lowest BCUT2D eigenvalue weighted by Gasteiger charge is -2.13. The topological polar surface area (TPSA) is 116 Å². The molecule has 0 N–H and O–H groups in total. The zero-order chi connectivity index (χ0) is 33.9. The van der Waals surface area contributed by atoms with Crippen LogP contribution in [-0.4, -0.2) is 42.8 Å². The van der Waals surface area contributed by atoms with Crippen LogP contribution in [0.2, 0.25) is 15.1 Å². The Balaban J connectivity index is 0.000000215. The minimum absolute atomic E-state index is 0.117. The number of carbonyl (C=O) groups excluding carboxylic acids is 2. The van der Waals surface area contributed by atoms with Crippen LogP contribution in [0.5, 0.6) is 34.8 Å². The second kappa shape index (κ2) is 16.8. The van der Waals surface area contributed by atoms with Gasteiger partial charge in [-0.25, -0.2) is 9.59 Å². The molecule has 0 aliphatic heterocycles. The fourth-order valence-electron chi connectivity index (χ4n) is 3.81. The van der Waals surface area contributed by atoms with Gasteiger partial charge in [0.25, 0.3) is 0 Å². The van der Waals surface area contributed by atoms with Crippen LogP contribution in [0.1, 0.15) is 20.8 Å². The molecule has 0 amide bonds. The van der Waals surface area contributed by atoms with Gasteiger partial charge in [-0.2, -0.15) is 4.98 Å². The molecule has 0 fully saturated rings. The Labute approximate surface area is 286 Å². The maximum atomic E-state index is 11.6. The zero-order valence-corrected chi connectivity index (χ0v) is 28.0. The number of ether oxygens (including phenoxy) is 6. The number of aromatic nitrogens is 1. The van der Waals surface area contributed by atoms with Gasteiger partial charge in [-0.3, -0.25) is 0 Å². The Kier molecular flexibility index (Phi) is 12.6. The Morgan fingerprint density at radius 3 is 1.83 bits per heavy atom. The number of benzene rings is 4. The molecule has 0 saturated carbocycles. The van der Waals surface area contributed by atoms with Crippen molar-refractivity contribution in [2.75, 3.05) is 13.7 Å². The number of hydrogen-bond donors (Lipinski definition) is 0. The molecular formula is C34H30Cl3NO9. The van der Waals surface area contributed by atoms with E-state index in [0.29, 0.717) is 61.5 Å². The van der Waals surface area contributed by atoms with Crippen LogP contribution in [0.3, 0.4) is 0 Å². The van der Waals surface area contributed by atoms with E-state index in [1.165, 1.54) is 7.11 Å². The summed E-state index contributed by atoms with van der Waals surface area (Å²) in [6.45, 7) is 5.31. The molecule has 10 nitrogen and oxygen atoms in total. The maximum Gasteiger partial charge on any atom is 0.400 e. The van der Waals surface area contributed by atoms with E-state index in [-0.39, 0.29) is 6.08 Å². The van der Waals surface area contributed by atoms with Gasteiger partial charge in [0.2, 0.25) is 0 Å². The summed E-state index contributed by atoms with van der Waals surface area (Å²) >= 11 is 17.8. The first kappa shape index (κ1) is 35.2. The third kappa shape index (κ3) is 10.4. The Morgan fingerprint density at radius 1 is 0.723 bits per heavy atom. The van der Waals surface area contributed by atoms with Crippen molar-refractivity contribution >= 4 is 57.8 Å². The minimum Gasteiger partial charge on any atom is -0.479 e. The second-order valence-corrected chi connectivity index (χ2v) is 10.9. The highest BCUT2D eigenvalue weighted by Gasteiger charge is 2.16. The van der Waals surface area contributed by atoms with Crippen LogP contribution in [0.25, 0.3) is 11.1 Å². The van der Waals surface area contributed by atoms with Gasteiger partial charge in [-0.1, -0.05) is 34.8 Å². The Hall–Kier alpha value is -4.64. The van der Waals surface area contributed by atoms with E-state index >= 15 is 0 Å². The van der Waals surface area contributed by atoms with E-state index in [2.05, 4.69) is 9.72 Å². The standard InChI is InChI=1S/C18H16ClNO5.C16H14Cl2O4/c1-3-22-17(21)11(2)23-13-5-7-14(8-6-13)24-18-20-15-9-4-12(19)10-16(15)25-18;1-10(16(19)20-2)21-12-4-6-13(7-5-12)22-15-8-3-11(17)9-14(15)18/h4-11H,3H2,1-2H3;3-10H,1-2H3/t11-;/m1./s1. The lowest BCUT2D eigenvalue weighted by molar-refractivity contribution is -0.150. The number of methoxy groups -OCH3 is 1. The summed E-state index contributed by atoms with van der Waals surface area (Å²) in [5, 5.41) is 1.53. The van der Waals surface area contributed by atoms with Gasteiger partial charge in [0.15, 0.2) is 17.8 Å². The van der Waals surface area contributed by atoms with Crippen LogP contribution < -0.4 is 18.9 Å². The van der Waals surface area contributed by atoms with Crippen LogP contribution in [0, 0.1) is 0 Å². The van der Waals surface area contributed by atoms with Crippen LogP contribution >= 0.6 is 34.8 Å². The van der Waals surface area contributed by atoms with Gasteiger partial charge >= 0.3 is 18.0 Å².